The molecule has 0 spiro atoms. The summed E-state index contributed by atoms with van der Waals surface area (Å²) in [6.07, 6.45) is 10.5. The topological polar surface area (TPSA) is 12.0 Å². The molecule has 1 heteroatoms. The number of hydrogen-bond acceptors (Lipinski definition) is 1. The molecule has 4 atom stereocenters. The highest BCUT2D eigenvalue weighted by molar-refractivity contribution is 4.95. The Bertz CT molecular complexity index is 209. The molecule has 0 radical (unpaired) electrons. The van der Waals surface area contributed by atoms with Gasteiger partial charge in [0.15, 0.2) is 0 Å². The van der Waals surface area contributed by atoms with Gasteiger partial charge >= 0.3 is 0 Å². The first-order valence-electron chi connectivity index (χ1n) is 6.59. The van der Waals surface area contributed by atoms with Crippen LogP contribution in [-0.4, -0.2) is 12.1 Å². The van der Waals surface area contributed by atoms with Gasteiger partial charge in [0.2, 0.25) is 0 Å². The van der Waals surface area contributed by atoms with Crippen molar-refractivity contribution in [3.8, 4) is 0 Å². The summed E-state index contributed by atoms with van der Waals surface area (Å²) in [4.78, 5) is 0. The van der Waals surface area contributed by atoms with Crippen molar-refractivity contribution in [1.82, 2.24) is 5.32 Å². The van der Waals surface area contributed by atoms with E-state index in [1.54, 1.807) is 6.42 Å². The van der Waals surface area contributed by atoms with Gasteiger partial charge in [0.1, 0.15) is 0 Å². The Morgan fingerprint density at radius 3 is 2.43 bits per heavy atom. The van der Waals surface area contributed by atoms with Crippen LogP contribution in [0.3, 0.4) is 0 Å². The predicted octanol–water partition coefficient (Wildman–Crippen LogP) is 2.95. The first-order chi connectivity index (χ1) is 6.83. The van der Waals surface area contributed by atoms with Crippen LogP contribution in [0.1, 0.15) is 51.9 Å². The van der Waals surface area contributed by atoms with E-state index in [4.69, 9.17) is 0 Å². The molecule has 3 saturated carbocycles. The van der Waals surface area contributed by atoms with Gasteiger partial charge in [0.05, 0.1) is 0 Å². The van der Waals surface area contributed by atoms with E-state index in [1.807, 2.05) is 0 Å². The maximum atomic E-state index is 3.84. The summed E-state index contributed by atoms with van der Waals surface area (Å²) in [5.41, 5.74) is 0. The van der Waals surface area contributed by atoms with E-state index in [1.165, 1.54) is 38.5 Å². The molecule has 2 bridgehead atoms. The van der Waals surface area contributed by atoms with E-state index in [2.05, 4.69) is 12.2 Å². The predicted molar refractivity (Wildman–Crippen MR) is 59.2 cm³/mol. The lowest BCUT2D eigenvalue weighted by Gasteiger charge is -2.35. The molecule has 3 aliphatic carbocycles. The van der Waals surface area contributed by atoms with Crippen molar-refractivity contribution in [3.63, 3.8) is 0 Å². The van der Waals surface area contributed by atoms with Gasteiger partial charge in [-0.2, -0.15) is 0 Å². The van der Waals surface area contributed by atoms with Crippen molar-refractivity contribution < 1.29 is 0 Å². The summed E-state index contributed by atoms with van der Waals surface area (Å²) in [6.45, 7) is 2.43. The molecule has 0 aromatic rings. The Morgan fingerprint density at radius 2 is 1.93 bits per heavy atom. The summed E-state index contributed by atoms with van der Waals surface area (Å²) in [5.74, 6) is 3.22. The summed E-state index contributed by atoms with van der Waals surface area (Å²) in [7, 11) is 0. The van der Waals surface area contributed by atoms with Crippen LogP contribution in [0.25, 0.3) is 0 Å². The third-order valence-corrected chi connectivity index (χ3v) is 5.04. The van der Waals surface area contributed by atoms with Gasteiger partial charge in [0, 0.05) is 12.1 Å². The van der Waals surface area contributed by atoms with E-state index >= 15 is 0 Å². The first-order valence-corrected chi connectivity index (χ1v) is 6.59. The van der Waals surface area contributed by atoms with Gasteiger partial charge in [0.25, 0.3) is 0 Å². The molecular weight excluding hydrogens is 170 g/mol. The van der Waals surface area contributed by atoms with Gasteiger partial charge in [-0.1, -0.05) is 12.8 Å². The lowest BCUT2D eigenvalue weighted by atomic mass is 9.82. The van der Waals surface area contributed by atoms with E-state index in [-0.39, 0.29) is 0 Å². The average molecular weight is 193 g/mol. The van der Waals surface area contributed by atoms with Crippen molar-refractivity contribution >= 4 is 0 Å². The molecule has 1 N–H and O–H groups in total. The highest BCUT2D eigenvalue weighted by Gasteiger charge is 2.42. The van der Waals surface area contributed by atoms with Crippen molar-refractivity contribution in [2.75, 3.05) is 0 Å². The lowest BCUT2D eigenvalue weighted by Crippen LogP contribution is -2.45. The van der Waals surface area contributed by atoms with Crippen molar-refractivity contribution in [2.45, 2.75) is 64.0 Å². The van der Waals surface area contributed by atoms with Gasteiger partial charge in [-0.3, -0.25) is 0 Å². The fourth-order valence-corrected chi connectivity index (χ4v) is 3.98. The highest BCUT2D eigenvalue weighted by atomic mass is 15.0. The standard InChI is InChI=1S/C13H23N/c1-9(14-12-3-2-4-12)13-8-10-5-6-11(13)7-10/h9-14H,2-8H2,1H3/t9-,10-,11-,13+/m0/s1. The Labute approximate surface area is 87.7 Å². The molecule has 80 valence electrons. The minimum Gasteiger partial charge on any atom is -0.311 e. The fourth-order valence-electron chi connectivity index (χ4n) is 3.98. The molecule has 3 fully saturated rings. The Morgan fingerprint density at radius 1 is 1.07 bits per heavy atom. The molecule has 3 aliphatic rings. The molecule has 0 heterocycles. The van der Waals surface area contributed by atoms with Crippen LogP contribution in [0.5, 0.6) is 0 Å². The van der Waals surface area contributed by atoms with Gasteiger partial charge in [-0.05, 0) is 56.8 Å². The van der Waals surface area contributed by atoms with Crippen LogP contribution in [0.2, 0.25) is 0 Å². The Kier molecular flexibility index (Phi) is 2.31. The third-order valence-electron chi connectivity index (χ3n) is 5.04. The van der Waals surface area contributed by atoms with Crippen LogP contribution < -0.4 is 5.32 Å². The molecule has 0 amide bonds. The largest absolute Gasteiger partial charge is 0.311 e. The number of fused-ring (bicyclic) bond motifs is 2. The summed E-state index contributed by atoms with van der Waals surface area (Å²) in [6, 6.07) is 1.68. The second-order valence-electron chi connectivity index (χ2n) is 5.92. The highest BCUT2D eigenvalue weighted by Crippen LogP contribution is 2.49. The van der Waals surface area contributed by atoms with E-state index in [9.17, 15) is 0 Å². The molecular formula is C13H23N. The zero-order chi connectivity index (χ0) is 9.54. The lowest BCUT2D eigenvalue weighted by molar-refractivity contribution is 0.214. The zero-order valence-electron chi connectivity index (χ0n) is 9.34. The van der Waals surface area contributed by atoms with Gasteiger partial charge in [-0.15, -0.1) is 0 Å². The van der Waals surface area contributed by atoms with Crippen molar-refractivity contribution in [1.29, 1.82) is 0 Å². The second-order valence-corrected chi connectivity index (χ2v) is 5.92. The minimum atomic E-state index is 0.801. The number of rotatable bonds is 3. The Balaban J connectivity index is 1.54. The SMILES string of the molecule is C[C@H](NC1CCC1)[C@H]1C[C@H]2CC[C@H]1C2. The maximum absolute atomic E-state index is 3.84. The second kappa shape index (κ2) is 3.52. The summed E-state index contributed by atoms with van der Waals surface area (Å²) in [5, 5.41) is 3.84. The van der Waals surface area contributed by atoms with Crippen LogP contribution in [0, 0.1) is 17.8 Å². The normalized spacial score (nSPS) is 43.9. The first kappa shape index (κ1) is 9.21. The molecule has 0 saturated heterocycles. The van der Waals surface area contributed by atoms with Crippen molar-refractivity contribution in [2.24, 2.45) is 17.8 Å². The maximum Gasteiger partial charge on any atom is 0.00723 e. The van der Waals surface area contributed by atoms with Crippen LogP contribution in [0.4, 0.5) is 0 Å². The van der Waals surface area contributed by atoms with E-state index < -0.39 is 0 Å². The van der Waals surface area contributed by atoms with Gasteiger partial charge in [-0.25, -0.2) is 0 Å². The molecule has 0 aromatic carbocycles. The molecule has 0 aromatic heterocycles. The molecule has 3 rings (SSSR count). The molecule has 0 aliphatic heterocycles. The smallest absolute Gasteiger partial charge is 0.00723 e. The number of hydrogen-bond donors (Lipinski definition) is 1. The summed E-state index contributed by atoms with van der Waals surface area (Å²) < 4.78 is 0. The van der Waals surface area contributed by atoms with Crippen LogP contribution in [0.15, 0.2) is 0 Å². The van der Waals surface area contributed by atoms with Crippen LogP contribution >= 0.6 is 0 Å². The van der Waals surface area contributed by atoms with Gasteiger partial charge < -0.3 is 5.32 Å². The zero-order valence-corrected chi connectivity index (χ0v) is 9.34. The minimum absolute atomic E-state index is 0.801. The third kappa shape index (κ3) is 1.50. The van der Waals surface area contributed by atoms with Crippen molar-refractivity contribution in [3.05, 3.63) is 0 Å². The monoisotopic (exact) mass is 193 g/mol. The van der Waals surface area contributed by atoms with E-state index in [0.29, 0.717) is 0 Å². The quantitative estimate of drug-likeness (QED) is 0.726. The van der Waals surface area contributed by atoms with Crippen LogP contribution in [-0.2, 0) is 0 Å². The molecule has 14 heavy (non-hydrogen) atoms. The number of nitrogens with one attached hydrogen (secondary N) is 1. The van der Waals surface area contributed by atoms with E-state index in [0.717, 1.165) is 29.8 Å². The Hall–Kier alpha value is -0.0400. The fraction of sp³-hybridized carbons (Fsp3) is 1.00. The molecule has 1 nitrogen and oxygen atoms in total. The molecule has 0 unspecified atom stereocenters. The average Bonchev–Trinajstić information content (AvgIpc) is 2.71. The summed E-state index contributed by atoms with van der Waals surface area (Å²) >= 11 is 0.